The number of nitrogens with one attached hydrogen (secondary N) is 2. The van der Waals surface area contributed by atoms with Crippen LogP contribution >= 0.6 is 0 Å². The van der Waals surface area contributed by atoms with Crippen LogP contribution in [0.4, 0.5) is 0 Å². The number of hydrogen-bond donors (Lipinski definition) is 2. The van der Waals surface area contributed by atoms with Crippen molar-refractivity contribution in [3.8, 4) is 23.0 Å². The van der Waals surface area contributed by atoms with Crippen LogP contribution < -0.4 is 18.9 Å². The Balaban J connectivity index is 1.57. The first kappa shape index (κ1) is 32.3. The van der Waals surface area contributed by atoms with Crippen molar-refractivity contribution >= 4 is 0 Å². The minimum atomic E-state index is -0.848. The number of nitrogens with zero attached hydrogens (tertiary/aromatic N) is 1. The van der Waals surface area contributed by atoms with Gasteiger partial charge in [-0.1, -0.05) is 54.6 Å². The first-order valence-electron chi connectivity index (χ1n) is 16.4. The van der Waals surface area contributed by atoms with E-state index in [1.54, 1.807) is 28.4 Å². The fourth-order valence-corrected chi connectivity index (χ4v) is 7.17. The molecular formula is C43H39N3O4. The molecule has 0 saturated heterocycles. The molecule has 0 amide bonds. The molecule has 0 fully saturated rings. The summed E-state index contributed by atoms with van der Waals surface area (Å²) in [4.78, 5) is 12.9. The van der Waals surface area contributed by atoms with E-state index in [9.17, 15) is 0 Å². The number of rotatable bonds is 12. The Labute approximate surface area is 292 Å². The van der Waals surface area contributed by atoms with Gasteiger partial charge in [-0.25, -0.2) is 0 Å². The number of benzene rings is 4. The standard InChI is InChI=1S/C43H39N3O4/c1-47-34-20-12-30(13-21-34)42(38-10-6-28-44-38,31-14-22-35(48-2)23-15-31)40-8-5-9-41(46-40)43(39-11-7-29-45-39,32-16-24-36(49-3)25-17-32)33-18-26-37(50-4)27-19-33/h5-29,44-45H,1-4H3. The third-order valence-corrected chi connectivity index (χ3v) is 9.61. The molecule has 7 nitrogen and oxygen atoms in total. The van der Waals surface area contributed by atoms with Gasteiger partial charge in [0.25, 0.3) is 0 Å². The van der Waals surface area contributed by atoms with Crippen LogP contribution in [0, 0.1) is 0 Å². The van der Waals surface area contributed by atoms with E-state index in [0.29, 0.717) is 0 Å². The van der Waals surface area contributed by atoms with Gasteiger partial charge in [0.1, 0.15) is 33.8 Å². The Morgan fingerprint density at radius 3 is 0.920 bits per heavy atom. The van der Waals surface area contributed by atoms with Crippen molar-refractivity contribution in [3.05, 3.63) is 197 Å². The molecule has 4 aromatic carbocycles. The lowest BCUT2D eigenvalue weighted by Crippen LogP contribution is -2.36. The molecular weight excluding hydrogens is 622 g/mol. The van der Waals surface area contributed by atoms with Gasteiger partial charge in [0, 0.05) is 23.8 Å². The molecule has 0 aliphatic heterocycles. The monoisotopic (exact) mass is 661 g/mol. The van der Waals surface area contributed by atoms with E-state index in [2.05, 4.69) is 88.8 Å². The van der Waals surface area contributed by atoms with E-state index in [0.717, 1.165) is 68.0 Å². The smallest absolute Gasteiger partial charge is 0.118 e. The summed E-state index contributed by atoms with van der Waals surface area (Å²) >= 11 is 0. The molecule has 3 aromatic heterocycles. The van der Waals surface area contributed by atoms with Gasteiger partial charge < -0.3 is 28.9 Å². The molecule has 7 rings (SSSR count). The third-order valence-electron chi connectivity index (χ3n) is 9.61. The van der Waals surface area contributed by atoms with Crippen molar-refractivity contribution in [2.45, 2.75) is 10.8 Å². The Kier molecular flexibility index (Phi) is 8.88. The van der Waals surface area contributed by atoms with Gasteiger partial charge in [-0.2, -0.15) is 0 Å². The van der Waals surface area contributed by atoms with Gasteiger partial charge in [0.05, 0.1) is 39.8 Å². The maximum atomic E-state index is 5.74. The summed E-state index contributed by atoms with van der Waals surface area (Å²) in [6, 6.07) is 47.5. The van der Waals surface area contributed by atoms with Crippen LogP contribution in [0.25, 0.3) is 0 Å². The molecule has 50 heavy (non-hydrogen) atoms. The second-order valence-corrected chi connectivity index (χ2v) is 12.0. The summed E-state index contributed by atoms with van der Waals surface area (Å²) in [5.41, 5.74) is 6.01. The highest BCUT2D eigenvalue weighted by atomic mass is 16.5. The molecule has 7 heteroatoms. The van der Waals surface area contributed by atoms with Crippen LogP contribution in [0.5, 0.6) is 23.0 Å². The molecule has 250 valence electrons. The van der Waals surface area contributed by atoms with Crippen LogP contribution in [0.3, 0.4) is 0 Å². The number of aromatic nitrogens is 3. The normalized spacial score (nSPS) is 11.6. The Bertz CT molecular complexity index is 1870. The van der Waals surface area contributed by atoms with E-state index in [4.69, 9.17) is 23.9 Å². The van der Waals surface area contributed by atoms with Gasteiger partial charge in [-0.05, 0) is 107 Å². The lowest BCUT2D eigenvalue weighted by molar-refractivity contribution is 0.414. The second kappa shape index (κ2) is 13.7. The number of hydrogen-bond acceptors (Lipinski definition) is 5. The van der Waals surface area contributed by atoms with Crippen molar-refractivity contribution in [2.75, 3.05) is 28.4 Å². The summed E-state index contributed by atoms with van der Waals surface area (Å²) < 4.78 is 22.4. The maximum Gasteiger partial charge on any atom is 0.118 e. The average Bonchev–Trinajstić information content (AvgIpc) is 3.94. The quantitative estimate of drug-likeness (QED) is 0.137. The van der Waals surface area contributed by atoms with E-state index >= 15 is 0 Å². The van der Waals surface area contributed by atoms with Crippen molar-refractivity contribution in [1.82, 2.24) is 15.0 Å². The Morgan fingerprint density at radius 1 is 0.380 bits per heavy atom. The highest BCUT2D eigenvalue weighted by Gasteiger charge is 2.45. The van der Waals surface area contributed by atoms with E-state index in [-0.39, 0.29) is 0 Å². The molecule has 0 aliphatic rings. The van der Waals surface area contributed by atoms with Crippen LogP contribution in [0.2, 0.25) is 0 Å². The second-order valence-electron chi connectivity index (χ2n) is 12.0. The topological polar surface area (TPSA) is 81.4 Å². The van der Waals surface area contributed by atoms with E-state index < -0.39 is 10.8 Å². The van der Waals surface area contributed by atoms with Gasteiger partial charge >= 0.3 is 0 Å². The van der Waals surface area contributed by atoms with Gasteiger partial charge in [0.2, 0.25) is 0 Å². The number of aromatic amines is 2. The minimum Gasteiger partial charge on any atom is -0.497 e. The Hall–Kier alpha value is -6.21. The van der Waals surface area contributed by atoms with Crippen molar-refractivity contribution in [2.24, 2.45) is 0 Å². The lowest BCUT2D eigenvalue weighted by Gasteiger charge is -2.38. The minimum absolute atomic E-state index is 0.773. The number of pyridine rings is 1. The summed E-state index contributed by atoms with van der Waals surface area (Å²) in [5, 5.41) is 0. The third kappa shape index (κ3) is 5.37. The fourth-order valence-electron chi connectivity index (χ4n) is 7.17. The van der Waals surface area contributed by atoms with E-state index in [1.807, 2.05) is 73.1 Å². The zero-order valence-corrected chi connectivity index (χ0v) is 28.5. The summed E-state index contributed by atoms with van der Waals surface area (Å²) in [7, 11) is 6.72. The molecule has 0 unspecified atom stereocenters. The molecule has 0 atom stereocenters. The molecule has 0 spiro atoms. The van der Waals surface area contributed by atoms with Gasteiger partial charge in [-0.3, -0.25) is 4.98 Å². The van der Waals surface area contributed by atoms with Gasteiger partial charge in [0.15, 0.2) is 0 Å². The van der Waals surface area contributed by atoms with Crippen molar-refractivity contribution in [3.63, 3.8) is 0 Å². The molecule has 0 aliphatic carbocycles. The zero-order valence-electron chi connectivity index (χ0n) is 28.5. The maximum absolute atomic E-state index is 5.74. The molecule has 0 radical (unpaired) electrons. The molecule has 3 heterocycles. The largest absolute Gasteiger partial charge is 0.497 e. The zero-order chi connectivity index (χ0) is 34.6. The number of methoxy groups -OCH3 is 4. The number of H-pyrrole nitrogens is 2. The average molecular weight is 662 g/mol. The van der Waals surface area contributed by atoms with Crippen LogP contribution in [0.1, 0.15) is 45.0 Å². The SMILES string of the molecule is COc1ccc(C(c2ccc(OC)cc2)(c2cccc(C(c3ccc(OC)cc3)(c3ccc(OC)cc3)c3ccc[nH]3)n2)c2ccc[nH]2)cc1. The van der Waals surface area contributed by atoms with Crippen LogP contribution in [0.15, 0.2) is 152 Å². The van der Waals surface area contributed by atoms with Crippen LogP contribution in [-0.4, -0.2) is 43.4 Å². The molecule has 0 bridgehead atoms. The predicted octanol–water partition coefficient (Wildman–Crippen LogP) is 8.54. The lowest BCUT2D eigenvalue weighted by atomic mass is 9.67. The first-order chi connectivity index (χ1) is 24.6. The molecule has 0 saturated carbocycles. The first-order valence-corrected chi connectivity index (χ1v) is 16.4. The summed E-state index contributed by atoms with van der Waals surface area (Å²) in [6.07, 6.45) is 3.91. The number of ether oxygens (including phenoxy) is 4. The summed E-state index contributed by atoms with van der Waals surface area (Å²) in [5.74, 6) is 3.09. The van der Waals surface area contributed by atoms with Crippen molar-refractivity contribution in [1.29, 1.82) is 0 Å². The highest BCUT2D eigenvalue weighted by Crippen LogP contribution is 2.48. The summed E-state index contributed by atoms with van der Waals surface area (Å²) in [6.45, 7) is 0. The van der Waals surface area contributed by atoms with Gasteiger partial charge in [-0.15, -0.1) is 0 Å². The highest BCUT2D eigenvalue weighted by molar-refractivity contribution is 5.61. The fraction of sp³-hybridized carbons (Fsp3) is 0.140. The van der Waals surface area contributed by atoms with Crippen LogP contribution in [-0.2, 0) is 10.8 Å². The van der Waals surface area contributed by atoms with E-state index in [1.165, 1.54) is 0 Å². The van der Waals surface area contributed by atoms with Crippen molar-refractivity contribution < 1.29 is 18.9 Å². The molecule has 2 N–H and O–H groups in total. The predicted molar refractivity (Wildman–Crippen MR) is 196 cm³/mol. The molecule has 7 aromatic rings. The Morgan fingerprint density at radius 2 is 0.680 bits per heavy atom.